The number of pyridine rings is 1. The number of piperidine rings is 1. The number of aromatic nitrogens is 1. The highest BCUT2D eigenvalue weighted by Crippen LogP contribution is 2.27. The van der Waals surface area contributed by atoms with E-state index in [1.807, 2.05) is 35.2 Å². The van der Waals surface area contributed by atoms with E-state index >= 15 is 0 Å². The molecule has 0 amide bonds. The molecule has 2 aromatic rings. The molecule has 4 nitrogen and oxygen atoms in total. The molecule has 0 radical (unpaired) electrons. The molecule has 1 atom stereocenters. The van der Waals surface area contributed by atoms with Crippen LogP contribution in [0.5, 0.6) is 0 Å². The molecule has 0 saturated carbocycles. The van der Waals surface area contributed by atoms with Gasteiger partial charge in [-0.25, -0.2) is 4.98 Å². The van der Waals surface area contributed by atoms with Crippen molar-refractivity contribution in [2.24, 2.45) is 0 Å². The summed E-state index contributed by atoms with van der Waals surface area (Å²) in [6.07, 6.45) is 1.47. The van der Waals surface area contributed by atoms with Gasteiger partial charge in [-0.05, 0) is 43.2 Å². The van der Waals surface area contributed by atoms with Crippen molar-refractivity contribution in [3.63, 3.8) is 0 Å². The molecule has 1 aliphatic rings. The van der Waals surface area contributed by atoms with Crippen molar-refractivity contribution >= 4 is 28.3 Å². The third-order valence-corrected chi connectivity index (χ3v) is 4.05. The van der Waals surface area contributed by atoms with Crippen LogP contribution in [0, 0.1) is 0 Å². The summed E-state index contributed by atoms with van der Waals surface area (Å²) in [6, 6.07) is 9.51. The topological polar surface area (TPSA) is 56.6 Å². The first kappa shape index (κ1) is 13.6. The molecule has 1 aromatic heterocycles. The lowest BCUT2D eigenvalue weighted by atomic mass is 9.94. The second kappa shape index (κ2) is 5.20. The second-order valence-corrected chi connectivity index (χ2v) is 5.85. The van der Waals surface area contributed by atoms with Crippen LogP contribution in [-0.2, 0) is 0 Å². The number of halogens is 1. The maximum atomic E-state index is 10.2. The van der Waals surface area contributed by atoms with Crippen molar-refractivity contribution < 1.29 is 10.2 Å². The molecule has 5 heteroatoms. The van der Waals surface area contributed by atoms with E-state index in [1.54, 1.807) is 0 Å². The normalized spacial score (nSPS) is 23.2. The van der Waals surface area contributed by atoms with Gasteiger partial charge in [-0.2, -0.15) is 0 Å². The van der Waals surface area contributed by atoms with Crippen LogP contribution in [-0.4, -0.2) is 40.5 Å². The standard InChI is InChI=1S/C15H17ClN2O2/c16-12-3-4-13-11(8-12)2-5-14(17-13)18-7-1-6-15(20,9-18)10-19/h2-5,8,19-20H,1,6-7,9-10H2. The molecular weight excluding hydrogens is 276 g/mol. The van der Waals surface area contributed by atoms with Crippen LogP contribution in [0.4, 0.5) is 5.82 Å². The smallest absolute Gasteiger partial charge is 0.129 e. The fourth-order valence-corrected chi connectivity index (χ4v) is 2.88. The Labute approximate surface area is 122 Å². The van der Waals surface area contributed by atoms with Crippen molar-refractivity contribution in [1.29, 1.82) is 0 Å². The highest BCUT2D eigenvalue weighted by molar-refractivity contribution is 6.31. The molecule has 0 aliphatic carbocycles. The summed E-state index contributed by atoms with van der Waals surface area (Å²) in [4.78, 5) is 6.64. The number of nitrogens with zero attached hydrogens (tertiary/aromatic N) is 2. The molecule has 106 valence electrons. The first-order valence-electron chi connectivity index (χ1n) is 6.74. The number of β-amino-alcohol motifs (C(OH)–C–C–N with tert-alkyl or cyclic N) is 1. The lowest BCUT2D eigenvalue weighted by Crippen LogP contribution is -2.50. The van der Waals surface area contributed by atoms with E-state index in [-0.39, 0.29) is 6.61 Å². The Kier molecular flexibility index (Phi) is 3.54. The Morgan fingerprint density at radius 3 is 2.95 bits per heavy atom. The van der Waals surface area contributed by atoms with Crippen LogP contribution in [0.25, 0.3) is 10.9 Å². The van der Waals surface area contributed by atoms with E-state index in [1.165, 1.54) is 0 Å². The molecule has 20 heavy (non-hydrogen) atoms. The number of fused-ring (bicyclic) bond motifs is 1. The average molecular weight is 293 g/mol. The van der Waals surface area contributed by atoms with Gasteiger partial charge in [0.15, 0.2) is 0 Å². The Morgan fingerprint density at radius 1 is 1.30 bits per heavy atom. The number of rotatable bonds is 2. The Hall–Kier alpha value is -1.36. The quantitative estimate of drug-likeness (QED) is 0.891. The molecule has 1 fully saturated rings. The van der Waals surface area contributed by atoms with E-state index in [4.69, 9.17) is 11.6 Å². The summed E-state index contributed by atoms with van der Waals surface area (Å²) in [7, 11) is 0. The van der Waals surface area contributed by atoms with E-state index < -0.39 is 5.60 Å². The molecule has 1 saturated heterocycles. The van der Waals surface area contributed by atoms with Crippen molar-refractivity contribution in [1.82, 2.24) is 4.98 Å². The third kappa shape index (κ3) is 2.59. The molecule has 0 bridgehead atoms. The van der Waals surface area contributed by atoms with E-state index in [0.717, 1.165) is 29.7 Å². The van der Waals surface area contributed by atoms with Crippen molar-refractivity contribution in [3.05, 3.63) is 35.4 Å². The van der Waals surface area contributed by atoms with Gasteiger partial charge in [0, 0.05) is 17.0 Å². The minimum atomic E-state index is -1.02. The van der Waals surface area contributed by atoms with Crippen LogP contribution in [0.15, 0.2) is 30.3 Å². The number of benzene rings is 1. The van der Waals surface area contributed by atoms with Crippen LogP contribution < -0.4 is 4.90 Å². The molecule has 1 aromatic carbocycles. The van der Waals surface area contributed by atoms with Gasteiger partial charge in [-0.3, -0.25) is 0 Å². The zero-order chi connectivity index (χ0) is 14.2. The van der Waals surface area contributed by atoms with Crippen molar-refractivity contribution in [3.8, 4) is 0 Å². The number of anilines is 1. The predicted octanol–water partition coefficient (Wildman–Crippen LogP) is 2.21. The highest BCUT2D eigenvalue weighted by atomic mass is 35.5. The maximum absolute atomic E-state index is 10.2. The lowest BCUT2D eigenvalue weighted by Gasteiger charge is -2.38. The van der Waals surface area contributed by atoms with Gasteiger partial charge >= 0.3 is 0 Å². The van der Waals surface area contributed by atoms with E-state index in [9.17, 15) is 10.2 Å². The number of aliphatic hydroxyl groups excluding tert-OH is 1. The van der Waals surface area contributed by atoms with Gasteiger partial charge in [-0.15, -0.1) is 0 Å². The largest absolute Gasteiger partial charge is 0.393 e. The summed E-state index contributed by atoms with van der Waals surface area (Å²) in [5.41, 5.74) is -0.139. The van der Waals surface area contributed by atoms with Gasteiger partial charge in [-0.1, -0.05) is 11.6 Å². The minimum absolute atomic E-state index is 0.216. The number of hydrogen-bond acceptors (Lipinski definition) is 4. The van der Waals surface area contributed by atoms with Crippen molar-refractivity contribution in [2.45, 2.75) is 18.4 Å². The molecule has 1 aliphatic heterocycles. The van der Waals surface area contributed by atoms with Crippen LogP contribution in [0.2, 0.25) is 5.02 Å². The first-order valence-corrected chi connectivity index (χ1v) is 7.12. The summed E-state index contributed by atoms with van der Waals surface area (Å²) in [5.74, 6) is 0.825. The lowest BCUT2D eigenvalue weighted by molar-refractivity contribution is -0.0242. The molecule has 2 heterocycles. The fourth-order valence-electron chi connectivity index (χ4n) is 2.70. The predicted molar refractivity (Wildman–Crippen MR) is 80.2 cm³/mol. The van der Waals surface area contributed by atoms with Crippen LogP contribution in [0.1, 0.15) is 12.8 Å². The Bertz CT molecular complexity index is 634. The molecule has 1 unspecified atom stereocenters. The third-order valence-electron chi connectivity index (χ3n) is 3.81. The summed E-state index contributed by atoms with van der Waals surface area (Å²) >= 11 is 5.96. The van der Waals surface area contributed by atoms with Gasteiger partial charge in [0.1, 0.15) is 11.4 Å². The summed E-state index contributed by atoms with van der Waals surface area (Å²) in [5, 5.41) is 21.2. The van der Waals surface area contributed by atoms with E-state index in [0.29, 0.717) is 18.0 Å². The molecule has 2 N–H and O–H groups in total. The molecular formula is C15H17ClN2O2. The average Bonchev–Trinajstić information content (AvgIpc) is 2.47. The van der Waals surface area contributed by atoms with Gasteiger partial charge in [0.25, 0.3) is 0 Å². The monoisotopic (exact) mass is 292 g/mol. The fraction of sp³-hybridized carbons (Fsp3) is 0.400. The van der Waals surface area contributed by atoms with Gasteiger partial charge in [0.2, 0.25) is 0 Å². The second-order valence-electron chi connectivity index (χ2n) is 5.41. The zero-order valence-electron chi connectivity index (χ0n) is 11.1. The summed E-state index contributed by atoms with van der Waals surface area (Å²) in [6.45, 7) is 1.04. The van der Waals surface area contributed by atoms with Crippen molar-refractivity contribution in [2.75, 3.05) is 24.6 Å². The van der Waals surface area contributed by atoms with Crippen LogP contribution >= 0.6 is 11.6 Å². The van der Waals surface area contributed by atoms with Crippen LogP contribution in [0.3, 0.4) is 0 Å². The summed E-state index contributed by atoms with van der Waals surface area (Å²) < 4.78 is 0. The Morgan fingerprint density at radius 2 is 2.15 bits per heavy atom. The van der Waals surface area contributed by atoms with Gasteiger partial charge in [0.05, 0.1) is 18.7 Å². The molecule has 0 spiro atoms. The number of hydrogen-bond donors (Lipinski definition) is 2. The number of aliphatic hydroxyl groups is 2. The highest BCUT2D eigenvalue weighted by Gasteiger charge is 2.33. The minimum Gasteiger partial charge on any atom is -0.393 e. The SMILES string of the molecule is OCC1(O)CCCN(c2ccc3cc(Cl)ccc3n2)C1. The zero-order valence-corrected chi connectivity index (χ0v) is 11.8. The first-order chi connectivity index (χ1) is 9.59. The Balaban J connectivity index is 1.92. The van der Waals surface area contributed by atoms with E-state index in [2.05, 4.69) is 4.98 Å². The maximum Gasteiger partial charge on any atom is 0.129 e. The molecule has 3 rings (SSSR count). The van der Waals surface area contributed by atoms with Gasteiger partial charge < -0.3 is 15.1 Å².